The van der Waals surface area contributed by atoms with Gasteiger partial charge < -0.3 is 10.4 Å². The lowest BCUT2D eigenvalue weighted by molar-refractivity contribution is 0.0916. The van der Waals surface area contributed by atoms with Gasteiger partial charge in [-0.15, -0.1) is 11.3 Å². The van der Waals surface area contributed by atoms with E-state index in [0.717, 1.165) is 32.6 Å². The molecule has 5 aromatic rings. The Kier molecular flexibility index (Phi) is 5.91. The van der Waals surface area contributed by atoms with Crippen LogP contribution in [0.15, 0.2) is 61.2 Å². The molecule has 4 heterocycles. The van der Waals surface area contributed by atoms with Gasteiger partial charge in [-0.05, 0) is 30.7 Å². The summed E-state index contributed by atoms with van der Waals surface area (Å²) >= 11 is 7.25. The lowest BCUT2D eigenvalue weighted by Gasteiger charge is -2.15. The van der Waals surface area contributed by atoms with Gasteiger partial charge in [0.2, 0.25) is 0 Å². The van der Waals surface area contributed by atoms with E-state index in [4.69, 9.17) is 11.6 Å². The van der Waals surface area contributed by atoms with Crippen molar-refractivity contribution in [1.82, 2.24) is 29.7 Å². The minimum atomic E-state index is -0.555. The number of carbonyl (C=O) groups is 1. The molecule has 5 rings (SSSR count). The van der Waals surface area contributed by atoms with Crippen LogP contribution >= 0.6 is 22.9 Å². The molecule has 0 radical (unpaired) electrons. The summed E-state index contributed by atoms with van der Waals surface area (Å²) in [5.41, 5.74) is 5.23. The van der Waals surface area contributed by atoms with E-state index in [9.17, 15) is 9.90 Å². The first kappa shape index (κ1) is 22.3. The fraction of sp³-hybridized carbons (Fsp3) is 0.167. The summed E-state index contributed by atoms with van der Waals surface area (Å²) in [5, 5.41) is 22.3. The molecule has 0 saturated heterocycles. The summed E-state index contributed by atoms with van der Waals surface area (Å²) in [7, 11) is 1.88. The number of aromatic nitrogens is 5. The van der Waals surface area contributed by atoms with Crippen LogP contribution in [0.3, 0.4) is 0 Å². The molecule has 0 aliphatic heterocycles. The van der Waals surface area contributed by atoms with Crippen molar-refractivity contribution in [1.29, 1.82) is 0 Å². The topological polar surface area (TPSA) is 97.3 Å². The molecule has 1 amide bonds. The average molecular weight is 493 g/mol. The second-order valence-corrected chi connectivity index (χ2v) is 9.53. The first-order chi connectivity index (χ1) is 16.4. The van der Waals surface area contributed by atoms with Crippen LogP contribution in [0, 0.1) is 6.92 Å². The van der Waals surface area contributed by atoms with E-state index in [1.807, 2.05) is 44.7 Å². The first-order valence-electron chi connectivity index (χ1n) is 10.5. The summed E-state index contributed by atoms with van der Waals surface area (Å²) in [6.45, 7) is 1.69. The Hall–Kier alpha value is -3.53. The van der Waals surface area contributed by atoms with E-state index in [-0.39, 0.29) is 12.5 Å². The van der Waals surface area contributed by atoms with Crippen molar-refractivity contribution in [2.24, 2.45) is 7.05 Å². The van der Waals surface area contributed by atoms with E-state index >= 15 is 0 Å². The number of aliphatic hydroxyl groups is 1. The van der Waals surface area contributed by atoms with Crippen molar-refractivity contribution in [3.63, 3.8) is 0 Å². The molecular weight excluding hydrogens is 472 g/mol. The molecule has 0 aliphatic rings. The van der Waals surface area contributed by atoms with Crippen molar-refractivity contribution in [2.75, 3.05) is 6.61 Å². The highest BCUT2D eigenvalue weighted by Crippen LogP contribution is 2.32. The quantitative estimate of drug-likeness (QED) is 0.368. The fourth-order valence-electron chi connectivity index (χ4n) is 3.80. The highest BCUT2D eigenvalue weighted by molar-refractivity contribution is 7.14. The molecule has 0 aliphatic carbocycles. The molecule has 0 unspecified atom stereocenters. The number of nitrogens with zero attached hydrogens (tertiary/aromatic N) is 5. The highest BCUT2D eigenvalue weighted by Gasteiger charge is 2.21. The lowest BCUT2D eigenvalue weighted by atomic mass is 10.1. The van der Waals surface area contributed by atoms with Crippen LogP contribution < -0.4 is 5.32 Å². The maximum Gasteiger partial charge on any atom is 0.280 e. The number of fused-ring (bicyclic) bond motifs is 1. The minimum Gasteiger partial charge on any atom is -0.394 e. The lowest BCUT2D eigenvalue weighted by Crippen LogP contribution is -2.30. The minimum absolute atomic E-state index is 0.238. The fourth-order valence-corrected chi connectivity index (χ4v) is 4.76. The molecule has 34 heavy (non-hydrogen) atoms. The highest BCUT2D eigenvalue weighted by atomic mass is 35.5. The summed E-state index contributed by atoms with van der Waals surface area (Å²) in [4.78, 5) is 18.5. The number of pyridine rings is 1. The third-order valence-electron chi connectivity index (χ3n) is 5.56. The Bertz CT molecular complexity index is 1490. The molecule has 4 aromatic heterocycles. The zero-order valence-electron chi connectivity index (χ0n) is 18.4. The van der Waals surface area contributed by atoms with Gasteiger partial charge >= 0.3 is 0 Å². The second-order valence-electron chi connectivity index (χ2n) is 7.89. The summed E-state index contributed by atoms with van der Waals surface area (Å²) in [6.07, 6.45) is 7.47. The number of amides is 1. The van der Waals surface area contributed by atoms with Crippen LogP contribution in [0.4, 0.5) is 0 Å². The van der Waals surface area contributed by atoms with Gasteiger partial charge in [-0.3, -0.25) is 9.48 Å². The number of aryl methyl sites for hydroxylation is 2. The van der Waals surface area contributed by atoms with Gasteiger partial charge in [0.25, 0.3) is 5.91 Å². The van der Waals surface area contributed by atoms with E-state index in [1.54, 1.807) is 39.7 Å². The zero-order valence-corrected chi connectivity index (χ0v) is 20.0. The smallest absolute Gasteiger partial charge is 0.280 e. The van der Waals surface area contributed by atoms with Crippen molar-refractivity contribution in [3.05, 3.63) is 81.7 Å². The molecule has 2 N–H and O–H groups in total. The van der Waals surface area contributed by atoms with Gasteiger partial charge in [-0.1, -0.05) is 29.8 Å². The Morgan fingerprint density at radius 3 is 2.62 bits per heavy atom. The first-order valence-corrected chi connectivity index (χ1v) is 11.7. The average Bonchev–Trinajstić information content (AvgIpc) is 3.55. The van der Waals surface area contributed by atoms with Crippen molar-refractivity contribution in [2.45, 2.75) is 13.0 Å². The molecule has 8 nitrogen and oxygen atoms in total. The third-order valence-corrected chi connectivity index (χ3v) is 6.78. The van der Waals surface area contributed by atoms with Gasteiger partial charge in [0.05, 0.1) is 36.3 Å². The van der Waals surface area contributed by atoms with E-state index < -0.39 is 6.04 Å². The monoisotopic (exact) mass is 492 g/mol. The molecule has 1 atom stereocenters. The standard InChI is InChI=1S/C24H21ClN6O2S/c1-14-22(19-10-27-31-12-16(5-8-21(19)31)17-9-26-30(2)11-17)29-24(34-14)23(33)28-20(13-32)15-3-6-18(25)7-4-15/h3-12,20,32H,13H2,1-2H3,(H,28,33)/t20-/m1/s1. The molecule has 0 saturated carbocycles. The van der Waals surface area contributed by atoms with Gasteiger partial charge in [0, 0.05) is 46.0 Å². The molecule has 0 bridgehead atoms. The zero-order chi connectivity index (χ0) is 23.8. The maximum atomic E-state index is 12.9. The van der Waals surface area contributed by atoms with Crippen LogP contribution in [-0.4, -0.2) is 42.0 Å². The Balaban J connectivity index is 1.41. The van der Waals surface area contributed by atoms with Gasteiger partial charge in [0.1, 0.15) is 0 Å². The summed E-state index contributed by atoms with van der Waals surface area (Å²) < 4.78 is 3.56. The largest absolute Gasteiger partial charge is 0.394 e. The maximum absolute atomic E-state index is 12.9. The van der Waals surface area contributed by atoms with Crippen molar-refractivity contribution in [3.8, 4) is 22.4 Å². The van der Waals surface area contributed by atoms with Crippen LogP contribution in [0.5, 0.6) is 0 Å². The SMILES string of the molecule is Cc1sc(C(=O)N[C@H](CO)c2ccc(Cl)cc2)nc1-c1cnn2cc(-c3cnn(C)c3)ccc12. The predicted octanol–water partition coefficient (Wildman–Crippen LogP) is 4.28. The molecule has 0 fully saturated rings. The van der Waals surface area contributed by atoms with Gasteiger partial charge in [-0.2, -0.15) is 10.2 Å². The second kappa shape index (κ2) is 9.02. The number of aliphatic hydroxyl groups excluding tert-OH is 1. The van der Waals surface area contributed by atoms with Crippen molar-refractivity contribution >= 4 is 34.4 Å². The van der Waals surface area contributed by atoms with E-state index in [2.05, 4.69) is 20.5 Å². The van der Waals surface area contributed by atoms with Gasteiger partial charge in [0.15, 0.2) is 5.01 Å². The van der Waals surface area contributed by atoms with E-state index in [0.29, 0.717) is 15.7 Å². The Labute approximate surface area is 204 Å². The van der Waals surface area contributed by atoms with Gasteiger partial charge in [-0.25, -0.2) is 9.50 Å². The predicted molar refractivity (Wildman–Crippen MR) is 132 cm³/mol. The van der Waals surface area contributed by atoms with Crippen molar-refractivity contribution < 1.29 is 9.90 Å². The number of nitrogens with one attached hydrogen (secondary N) is 1. The number of carbonyl (C=O) groups excluding carboxylic acids is 1. The Morgan fingerprint density at radius 1 is 1.12 bits per heavy atom. The number of hydrogen-bond acceptors (Lipinski definition) is 6. The summed E-state index contributed by atoms with van der Waals surface area (Å²) in [5.74, 6) is -0.344. The van der Waals surface area contributed by atoms with E-state index in [1.165, 1.54) is 11.3 Å². The number of hydrogen-bond donors (Lipinski definition) is 2. The molecule has 172 valence electrons. The van der Waals surface area contributed by atoms with Crippen LogP contribution in [0.1, 0.15) is 26.3 Å². The van der Waals surface area contributed by atoms with Crippen LogP contribution in [0.2, 0.25) is 5.02 Å². The normalized spacial score (nSPS) is 12.2. The molecule has 1 aromatic carbocycles. The number of halogens is 1. The van der Waals surface area contributed by atoms with Crippen LogP contribution in [-0.2, 0) is 7.05 Å². The number of rotatable bonds is 6. The Morgan fingerprint density at radius 2 is 1.91 bits per heavy atom. The van der Waals surface area contributed by atoms with Crippen LogP contribution in [0.25, 0.3) is 27.9 Å². The molecule has 10 heteroatoms. The summed E-state index contributed by atoms with van der Waals surface area (Å²) in [6, 6.07) is 10.5. The number of thiazole rings is 1. The number of benzene rings is 1. The third kappa shape index (κ3) is 4.21. The molecule has 0 spiro atoms. The molecular formula is C24H21ClN6O2S.